The van der Waals surface area contributed by atoms with Gasteiger partial charge in [-0.25, -0.2) is 4.39 Å². The summed E-state index contributed by atoms with van der Waals surface area (Å²) in [5.74, 6) is -1.74. The van der Waals surface area contributed by atoms with Gasteiger partial charge in [0.25, 0.3) is 5.91 Å². The summed E-state index contributed by atoms with van der Waals surface area (Å²) in [5, 5.41) is 8.91. The molecule has 1 aromatic heterocycles. The van der Waals surface area contributed by atoms with E-state index in [4.69, 9.17) is 5.11 Å². The fraction of sp³-hybridized carbons (Fsp3) is 0.231. The number of carboxylic acid groups (broad SMARTS) is 1. The number of fused-ring (bicyclic) bond motifs is 1. The highest BCUT2D eigenvalue weighted by molar-refractivity contribution is 5.98. The van der Waals surface area contributed by atoms with Gasteiger partial charge in [0.15, 0.2) is 0 Å². The normalized spacial score (nSPS) is 10.6. The van der Waals surface area contributed by atoms with Crippen molar-refractivity contribution in [2.75, 3.05) is 13.6 Å². The van der Waals surface area contributed by atoms with Gasteiger partial charge in [0.2, 0.25) is 0 Å². The van der Waals surface area contributed by atoms with Crippen LogP contribution in [-0.4, -0.2) is 40.5 Å². The van der Waals surface area contributed by atoms with Crippen LogP contribution in [0.2, 0.25) is 0 Å². The minimum absolute atomic E-state index is 0.103. The van der Waals surface area contributed by atoms with E-state index in [1.807, 2.05) is 0 Å². The lowest BCUT2D eigenvalue weighted by atomic mass is 10.2. The van der Waals surface area contributed by atoms with Gasteiger partial charge in [-0.1, -0.05) is 6.07 Å². The monoisotopic (exact) mass is 264 g/mol. The minimum atomic E-state index is -0.970. The molecule has 0 atom stereocenters. The number of carboxylic acids is 1. The lowest BCUT2D eigenvalue weighted by Crippen LogP contribution is -2.29. The first-order valence-electron chi connectivity index (χ1n) is 5.73. The van der Waals surface area contributed by atoms with Gasteiger partial charge in [0.1, 0.15) is 11.5 Å². The third kappa shape index (κ3) is 2.73. The van der Waals surface area contributed by atoms with Gasteiger partial charge in [-0.05, 0) is 18.2 Å². The fourth-order valence-corrected chi connectivity index (χ4v) is 1.80. The number of nitrogens with zero attached hydrogens (tertiary/aromatic N) is 1. The molecule has 0 bridgehead atoms. The van der Waals surface area contributed by atoms with Gasteiger partial charge in [-0.15, -0.1) is 0 Å². The standard InChI is InChI=1S/C13H13FN2O3/c1-16(6-5-12(17)18)13(19)11-7-8-9(14)3-2-4-10(8)15-11/h2-4,7,15H,5-6H2,1H3,(H,17,18). The number of aliphatic carboxylic acids is 1. The van der Waals surface area contributed by atoms with Crippen molar-refractivity contribution in [3.63, 3.8) is 0 Å². The number of aromatic amines is 1. The van der Waals surface area contributed by atoms with Gasteiger partial charge >= 0.3 is 5.97 Å². The molecule has 0 fully saturated rings. The van der Waals surface area contributed by atoms with Crippen LogP contribution in [0.4, 0.5) is 4.39 Å². The highest BCUT2D eigenvalue weighted by atomic mass is 19.1. The first kappa shape index (κ1) is 13.1. The van der Waals surface area contributed by atoms with E-state index in [0.29, 0.717) is 10.9 Å². The van der Waals surface area contributed by atoms with Gasteiger partial charge in [0, 0.05) is 24.5 Å². The number of nitrogens with one attached hydrogen (secondary N) is 1. The Hall–Kier alpha value is -2.37. The molecule has 2 rings (SSSR count). The summed E-state index contributed by atoms with van der Waals surface area (Å²) in [6, 6.07) is 5.98. The van der Waals surface area contributed by atoms with Crippen molar-refractivity contribution in [1.29, 1.82) is 0 Å². The Labute approximate surface area is 108 Å². The zero-order valence-electron chi connectivity index (χ0n) is 10.3. The highest BCUT2D eigenvalue weighted by Gasteiger charge is 2.16. The molecular weight excluding hydrogens is 251 g/mol. The fourth-order valence-electron chi connectivity index (χ4n) is 1.80. The van der Waals surface area contributed by atoms with Crippen molar-refractivity contribution in [2.24, 2.45) is 0 Å². The van der Waals surface area contributed by atoms with E-state index < -0.39 is 11.8 Å². The first-order valence-corrected chi connectivity index (χ1v) is 5.73. The molecular formula is C13H13FN2O3. The average molecular weight is 264 g/mol. The number of benzene rings is 1. The maximum absolute atomic E-state index is 13.5. The van der Waals surface area contributed by atoms with Crippen LogP contribution in [0.3, 0.4) is 0 Å². The quantitative estimate of drug-likeness (QED) is 0.885. The first-order chi connectivity index (χ1) is 8.99. The summed E-state index contributed by atoms with van der Waals surface area (Å²) in [6.07, 6.45) is -0.128. The van der Waals surface area contributed by atoms with Crippen LogP contribution in [-0.2, 0) is 4.79 Å². The summed E-state index contributed by atoms with van der Waals surface area (Å²) in [7, 11) is 1.51. The molecule has 100 valence electrons. The molecule has 5 nitrogen and oxygen atoms in total. The number of rotatable bonds is 4. The molecule has 1 heterocycles. The Balaban J connectivity index is 2.21. The number of carbonyl (C=O) groups is 2. The van der Waals surface area contributed by atoms with Gasteiger partial charge in [0.05, 0.1) is 6.42 Å². The number of aromatic nitrogens is 1. The Kier molecular flexibility index (Phi) is 3.50. The minimum Gasteiger partial charge on any atom is -0.481 e. The molecule has 1 aromatic carbocycles. The molecule has 2 N–H and O–H groups in total. The SMILES string of the molecule is CN(CCC(=O)O)C(=O)c1cc2c(F)cccc2[nH]1. The Morgan fingerprint density at radius 2 is 2.16 bits per heavy atom. The highest BCUT2D eigenvalue weighted by Crippen LogP contribution is 2.19. The van der Waals surface area contributed by atoms with Crippen LogP contribution in [0.5, 0.6) is 0 Å². The lowest BCUT2D eigenvalue weighted by Gasteiger charge is -2.14. The summed E-state index contributed by atoms with van der Waals surface area (Å²) >= 11 is 0. The van der Waals surface area contributed by atoms with Gasteiger partial charge in [-0.2, -0.15) is 0 Å². The van der Waals surface area contributed by atoms with Crippen LogP contribution in [0, 0.1) is 5.82 Å². The summed E-state index contributed by atoms with van der Waals surface area (Å²) in [5.41, 5.74) is 0.781. The van der Waals surface area contributed by atoms with E-state index in [1.165, 1.54) is 24.1 Å². The number of hydrogen-bond acceptors (Lipinski definition) is 2. The van der Waals surface area contributed by atoms with Crippen molar-refractivity contribution in [2.45, 2.75) is 6.42 Å². The second kappa shape index (κ2) is 5.09. The Bertz CT molecular complexity index is 636. The molecule has 1 amide bonds. The zero-order valence-corrected chi connectivity index (χ0v) is 10.3. The van der Waals surface area contributed by atoms with Gasteiger partial charge < -0.3 is 15.0 Å². The molecule has 0 radical (unpaired) electrons. The number of amides is 1. The molecule has 0 aliphatic rings. The predicted molar refractivity (Wildman–Crippen MR) is 67.5 cm³/mol. The summed E-state index contributed by atoms with van der Waals surface area (Å²) in [6.45, 7) is 0.103. The smallest absolute Gasteiger partial charge is 0.305 e. The maximum atomic E-state index is 13.5. The van der Waals surface area contributed by atoms with Crippen LogP contribution < -0.4 is 0 Å². The van der Waals surface area contributed by atoms with Crippen LogP contribution in [0.15, 0.2) is 24.3 Å². The number of hydrogen-bond donors (Lipinski definition) is 2. The predicted octanol–water partition coefficient (Wildman–Crippen LogP) is 1.85. The van der Waals surface area contributed by atoms with Crippen molar-refractivity contribution < 1.29 is 19.1 Å². The maximum Gasteiger partial charge on any atom is 0.305 e. The molecule has 0 saturated carbocycles. The third-order valence-electron chi connectivity index (χ3n) is 2.85. The van der Waals surface area contributed by atoms with Crippen LogP contribution >= 0.6 is 0 Å². The van der Waals surface area contributed by atoms with Crippen molar-refractivity contribution in [3.05, 3.63) is 35.8 Å². The summed E-state index contributed by atoms with van der Waals surface area (Å²) < 4.78 is 13.5. The van der Waals surface area contributed by atoms with Crippen molar-refractivity contribution in [3.8, 4) is 0 Å². The van der Waals surface area contributed by atoms with E-state index in [9.17, 15) is 14.0 Å². The Morgan fingerprint density at radius 1 is 1.42 bits per heavy atom. The molecule has 6 heteroatoms. The third-order valence-corrected chi connectivity index (χ3v) is 2.85. The van der Waals surface area contributed by atoms with Gasteiger partial charge in [-0.3, -0.25) is 9.59 Å². The van der Waals surface area contributed by atoms with Crippen molar-refractivity contribution >= 4 is 22.8 Å². The number of carbonyl (C=O) groups excluding carboxylic acids is 1. The molecule has 0 unspecified atom stereocenters. The molecule has 2 aromatic rings. The second-order valence-corrected chi connectivity index (χ2v) is 4.25. The van der Waals surface area contributed by atoms with E-state index in [1.54, 1.807) is 12.1 Å². The van der Waals surface area contributed by atoms with Crippen LogP contribution in [0.1, 0.15) is 16.9 Å². The topological polar surface area (TPSA) is 73.4 Å². The molecule has 0 saturated heterocycles. The van der Waals surface area contributed by atoms with E-state index >= 15 is 0 Å². The second-order valence-electron chi connectivity index (χ2n) is 4.25. The Morgan fingerprint density at radius 3 is 2.79 bits per heavy atom. The number of H-pyrrole nitrogens is 1. The zero-order chi connectivity index (χ0) is 14.0. The van der Waals surface area contributed by atoms with E-state index in [0.717, 1.165) is 0 Å². The van der Waals surface area contributed by atoms with Crippen LogP contribution in [0.25, 0.3) is 10.9 Å². The average Bonchev–Trinajstić information content (AvgIpc) is 2.80. The van der Waals surface area contributed by atoms with Crippen molar-refractivity contribution in [1.82, 2.24) is 9.88 Å². The van der Waals surface area contributed by atoms with E-state index in [2.05, 4.69) is 4.98 Å². The number of halogens is 1. The molecule has 0 aliphatic carbocycles. The lowest BCUT2D eigenvalue weighted by molar-refractivity contribution is -0.137. The molecule has 0 aliphatic heterocycles. The molecule has 0 spiro atoms. The summed E-state index contributed by atoms with van der Waals surface area (Å²) in [4.78, 5) is 26.6. The van der Waals surface area contributed by atoms with E-state index in [-0.39, 0.29) is 24.6 Å². The largest absolute Gasteiger partial charge is 0.481 e. The molecule has 19 heavy (non-hydrogen) atoms.